The molecule has 0 spiro atoms. The molecule has 3 rings (SSSR count). The number of aliphatic imine (C=N–C) groups is 1. The van der Waals surface area contributed by atoms with Crippen LogP contribution < -0.4 is 11.1 Å². The predicted molar refractivity (Wildman–Crippen MR) is 109 cm³/mol. The standard InChI is InChI=1S/C19H24ClFN4OS/c1-2-18(26)25-7-6-13-14(19(24-11-22)27-17(13)10-25)9-23-12-4-3-5-16(21)15(20)8-12/h5,8,11-12,23H,2-4,6-7,9-10H2,1H3,(H2,22,24). The average molecular weight is 411 g/mol. The zero-order valence-corrected chi connectivity index (χ0v) is 16.9. The Hall–Kier alpha value is -1.70. The molecule has 2 aliphatic rings. The summed E-state index contributed by atoms with van der Waals surface area (Å²) in [6.45, 7) is 3.84. The molecule has 0 saturated carbocycles. The predicted octanol–water partition coefficient (Wildman–Crippen LogP) is 3.89. The Morgan fingerprint density at radius 2 is 2.41 bits per heavy atom. The Labute approximate surface area is 167 Å². The summed E-state index contributed by atoms with van der Waals surface area (Å²) in [6.07, 6.45) is 7.30. The van der Waals surface area contributed by atoms with Crippen LogP contribution in [0, 0.1) is 0 Å². The molecule has 2 heterocycles. The van der Waals surface area contributed by atoms with E-state index in [9.17, 15) is 9.18 Å². The van der Waals surface area contributed by atoms with E-state index in [1.807, 2.05) is 11.8 Å². The van der Waals surface area contributed by atoms with Crippen LogP contribution in [0.25, 0.3) is 0 Å². The highest BCUT2D eigenvalue weighted by Crippen LogP contribution is 2.39. The van der Waals surface area contributed by atoms with Crippen LogP contribution in [0.15, 0.2) is 28.0 Å². The molecule has 1 atom stereocenters. The van der Waals surface area contributed by atoms with Crippen LogP contribution in [0.5, 0.6) is 0 Å². The fraction of sp³-hybridized carbons (Fsp3) is 0.474. The lowest BCUT2D eigenvalue weighted by Crippen LogP contribution is -2.35. The highest BCUT2D eigenvalue weighted by molar-refractivity contribution is 7.16. The number of allylic oxidation sites excluding steroid dienone is 3. The van der Waals surface area contributed by atoms with E-state index in [2.05, 4.69) is 10.3 Å². The number of nitrogens with one attached hydrogen (secondary N) is 1. The van der Waals surface area contributed by atoms with Gasteiger partial charge in [-0.05, 0) is 37.0 Å². The van der Waals surface area contributed by atoms with Gasteiger partial charge in [-0.1, -0.05) is 18.5 Å². The van der Waals surface area contributed by atoms with Crippen molar-refractivity contribution in [1.29, 1.82) is 0 Å². The molecule has 146 valence electrons. The fourth-order valence-corrected chi connectivity index (χ4v) is 4.93. The third-order valence-electron chi connectivity index (χ3n) is 4.91. The number of carbonyl (C=O) groups is 1. The Morgan fingerprint density at radius 1 is 1.59 bits per heavy atom. The molecule has 27 heavy (non-hydrogen) atoms. The lowest BCUT2D eigenvalue weighted by molar-refractivity contribution is -0.131. The van der Waals surface area contributed by atoms with Crippen LogP contribution in [-0.4, -0.2) is 29.7 Å². The van der Waals surface area contributed by atoms with Gasteiger partial charge in [-0.25, -0.2) is 9.38 Å². The number of hydrogen-bond acceptors (Lipinski definition) is 4. The van der Waals surface area contributed by atoms with E-state index < -0.39 is 0 Å². The van der Waals surface area contributed by atoms with Gasteiger partial charge in [0.25, 0.3) is 0 Å². The summed E-state index contributed by atoms with van der Waals surface area (Å²) in [7, 11) is 0. The monoisotopic (exact) mass is 410 g/mol. The molecule has 1 aromatic heterocycles. The van der Waals surface area contributed by atoms with E-state index in [0.717, 1.165) is 30.0 Å². The normalized spacial score (nSPS) is 20.3. The Bertz CT molecular complexity index is 802. The van der Waals surface area contributed by atoms with Crippen molar-refractivity contribution in [1.82, 2.24) is 10.2 Å². The van der Waals surface area contributed by atoms with Crippen molar-refractivity contribution in [3.8, 4) is 0 Å². The third kappa shape index (κ3) is 4.59. The summed E-state index contributed by atoms with van der Waals surface area (Å²) >= 11 is 7.57. The van der Waals surface area contributed by atoms with E-state index in [4.69, 9.17) is 17.3 Å². The van der Waals surface area contributed by atoms with E-state index in [0.29, 0.717) is 25.9 Å². The van der Waals surface area contributed by atoms with Gasteiger partial charge in [0.15, 0.2) is 0 Å². The lowest BCUT2D eigenvalue weighted by Gasteiger charge is -2.27. The maximum atomic E-state index is 13.6. The first kappa shape index (κ1) is 20.0. The van der Waals surface area contributed by atoms with Gasteiger partial charge in [0, 0.05) is 36.0 Å². The minimum atomic E-state index is -0.358. The van der Waals surface area contributed by atoms with Gasteiger partial charge < -0.3 is 16.0 Å². The van der Waals surface area contributed by atoms with Gasteiger partial charge >= 0.3 is 0 Å². The van der Waals surface area contributed by atoms with E-state index >= 15 is 0 Å². The highest BCUT2D eigenvalue weighted by atomic mass is 35.5. The van der Waals surface area contributed by atoms with E-state index in [1.165, 1.54) is 22.9 Å². The molecule has 1 aliphatic carbocycles. The molecule has 1 aromatic rings. The van der Waals surface area contributed by atoms with Gasteiger partial charge in [0.05, 0.1) is 17.9 Å². The Kier molecular flexibility index (Phi) is 6.68. The molecule has 1 unspecified atom stereocenters. The number of hydrogen-bond donors (Lipinski definition) is 2. The largest absolute Gasteiger partial charge is 0.390 e. The summed E-state index contributed by atoms with van der Waals surface area (Å²) in [5.74, 6) is -0.187. The van der Waals surface area contributed by atoms with Gasteiger partial charge in [-0.2, -0.15) is 0 Å². The zero-order valence-electron chi connectivity index (χ0n) is 15.3. The van der Waals surface area contributed by atoms with Gasteiger partial charge in [0.2, 0.25) is 5.91 Å². The molecule has 0 bridgehead atoms. The van der Waals surface area contributed by atoms with Gasteiger partial charge in [-0.3, -0.25) is 4.79 Å². The molecule has 3 N–H and O–H groups in total. The van der Waals surface area contributed by atoms with Crippen LogP contribution in [0.4, 0.5) is 9.39 Å². The van der Waals surface area contributed by atoms with Crippen LogP contribution in [-0.2, 0) is 24.3 Å². The minimum Gasteiger partial charge on any atom is -0.390 e. The van der Waals surface area contributed by atoms with Crippen LogP contribution in [0.2, 0.25) is 0 Å². The third-order valence-corrected chi connectivity index (χ3v) is 6.38. The molecule has 8 heteroatoms. The van der Waals surface area contributed by atoms with Crippen LogP contribution in [0.3, 0.4) is 0 Å². The summed E-state index contributed by atoms with van der Waals surface area (Å²) < 4.78 is 13.6. The van der Waals surface area contributed by atoms with E-state index in [1.54, 1.807) is 17.4 Å². The second-order valence-corrected chi connectivity index (χ2v) is 8.11. The highest BCUT2D eigenvalue weighted by Gasteiger charge is 2.26. The first-order valence-electron chi connectivity index (χ1n) is 9.15. The molecular weight excluding hydrogens is 387 g/mol. The second-order valence-electron chi connectivity index (χ2n) is 6.62. The van der Waals surface area contributed by atoms with Crippen molar-refractivity contribution in [2.24, 2.45) is 10.7 Å². The lowest BCUT2D eigenvalue weighted by atomic mass is 10.0. The maximum Gasteiger partial charge on any atom is 0.222 e. The number of fused-ring (bicyclic) bond motifs is 1. The van der Waals surface area contributed by atoms with Crippen molar-refractivity contribution in [3.05, 3.63) is 39.0 Å². The van der Waals surface area contributed by atoms with E-state index in [-0.39, 0.29) is 22.8 Å². The second kappa shape index (κ2) is 8.99. The number of amides is 1. The van der Waals surface area contributed by atoms with Crippen molar-refractivity contribution in [3.63, 3.8) is 0 Å². The topological polar surface area (TPSA) is 70.7 Å². The van der Waals surface area contributed by atoms with Crippen molar-refractivity contribution in [2.75, 3.05) is 6.54 Å². The molecular formula is C19H24ClFN4OS. The summed E-state index contributed by atoms with van der Waals surface area (Å²) in [4.78, 5) is 19.4. The fourth-order valence-electron chi connectivity index (χ4n) is 3.47. The molecule has 0 radical (unpaired) electrons. The SMILES string of the molecule is CCC(=O)N1CCc2c(sc(/N=C\N)c2CNC2C=C(Cl)C(F)=CCC2)C1. The number of rotatable bonds is 5. The first-order chi connectivity index (χ1) is 13.0. The number of halogens is 2. The van der Waals surface area contributed by atoms with Crippen molar-refractivity contribution < 1.29 is 9.18 Å². The zero-order chi connectivity index (χ0) is 19.4. The van der Waals surface area contributed by atoms with Gasteiger partial charge in [-0.15, -0.1) is 11.3 Å². The molecule has 0 saturated heterocycles. The molecule has 1 aliphatic heterocycles. The van der Waals surface area contributed by atoms with Gasteiger partial charge in [0.1, 0.15) is 10.8 Å². The quantitative estimate of drug-likeness (QED) is 0.571. The molecule has 1 amide bonds. The molecule has 0 fully saturated rings. The first-order valence-corrected chi connectivity index (χ1v) is 10.3. The Morgan fingerprint density at radius 3 is 3.15 bits per heavy atom. The van der Waals surface area contributed by atoms with Crippen LogP contribution >= 0.6 is 22.9 Å². The van der Waals surface area contributed by atoms with Crippen molar-refractivity contribution >= 4 is 40.2 Å². The number of nitrogens with two attached hydrogens (primary N) is 1. The summed E-state index contributed by atoms with van der Waals surface area (Å²) in [6, 6.07) is -0.00554. The number of carbonyl (C=O) groups excluding carboxylic acids is 1. The average Bonchev–Trinajstić information content (AvgIpc) is 2.92. The minimum absolute atomic E-state index is 0.00554. The maximum absolute atomic E-state index is 13.6. The Balaban J connectivity index is 1.77. The smallest absolute Gasteiger partial charge is 0.222 e. The summed E-state index contributed by atoms with van der Waals surface area (Å²) in [5.41, 5.74) is 7.90. The number of thiophene rings is 1. The molecule has 0 aromatic carbocycles. The summed E-state index contributed by atoms with van der Waals surface area (Å²) in [5, 5.41) is 4.49. The number of nitrogens with zero attached hydrogens (tertiary/aromatic N) is 2. The van der Waals surface area contributed by atoms with Crippen LogP contribution in [0.1, 0.15) is 42.2 Å². The molecule has 5 nitrogen and oxygen atoms in total. The van der Waals surface area contributed by atoms with Crippen molar-refractivity contribution in [2.45, 2.75) is 51.7 Å².